The third-order valence-electron chi connectivity index (χ3n) is 4.42. The third-order valence-corrected chi connectivity index (χ3v) is 4.85. The highest BCUT2D eigenvalue weighted by Gasteiger charge is 2.17. The summed E-state index contributed by atoms with van der Waals surface area (Å²) in [7, 11) is 0. The molecule has 0 amide bonds. The van der Waals surface area contributed by atoms with Crippen LogP contribution in [0.3, 0.4) is 0 Å². The number of fused-ring (bicyclic) bond motifs is 2. The summed E-state index contributed by atoms with van der Waals surface area (Å²) in [5.41, 5.74) is 2.07. The van der Waals surface area contributed by atoms with Gasteiger partial charge in [-0.2, -0.15) is 4.98 Å². The Kier molecular flexibility index (Phi) is 4.26. The summed E-state index contributed by atoms with van der Waals surface area (Å²) < 4.78 is 10.8. The lowest BCUT2D eigenvalue weighted by atomic mass is 10.0. The number of rotatable bonds is 3. The molecule has 4 aromatic rings. The molecule has 0 atom stereocenters. The maximum Gasteiger partial charge on any atom is 0.262 e. The van der Waals surface area contributed by atoms with E-state index in [-0.39, 0.29) is 18.3 Å². The molecule has 9 heteroatoms. The molecule has 2 aromatic carbocycles. The van der Waals surface area contributed by atoms with Gasteiger partial charge >= 0.3 is 0 Å². The lowest BCUT2D eigenvalue weighted by Crippen LogP contribution is -2.13. The molecule has 0 saturated carbocycles. The molecule has 0 spiro atoms. The SMILES string of the molecule is O=c1[nH]c(Nc2cc(Cl)cc(Cl)c2)nc2nccc(-c3ccc4c(c3)OCO4)c12. The van der Waals surface area contributed by atoms with Crippen LogP contribution in [0.15, 0.2) is 53.5 Å². The summed E-state index contributed by atoms with van der Waals surface area (Å²) in [6.45, 7) is 0.181. The topological polar surface area (TPSA) is 89.1 Å². The summed E-state index contributed by atoms with van der Waals surface area (Å²) in [6.07, 6.45) is 1.61. The van der Waals surface area contributed by atoms with Crippen LogP contribution in [0.5, 0.6) is 11.5 Å². The van der Waals surface area contributed by atoms with Gasteiger partial charge in [-0.05, 0) is 47.5 Å². The average Bonchev–Trinajstić information content (AvgIpc) is 3.14. The van der Waals surface area contributed by atoms with Crippen molar-refractivity contribution in [3.8, 4) is 22.6 Å². The summed E-state index contributed by atoms with van der Waals surface area (Å²) in [4.78, 5) is 24.3. The zero-order valence-electron chi connectivity index (χ0n) is 14.7. The van der Waals surface area contributed by atoms with Gasteiger partial charge in [0.1, 0.15) is 0 Å². The monoisotopic (exact) mass is 426 g/mol. The number of ether oxygens (including phenoxy) is 2. The van der Waals surface area contributed by atoms with Crippen molar-refractivity contribution >= 4 is 45.9 Å². The van der Waals surface area contributed by atoms with Crippen LogP contribution >= 0.6 is 23.2 Å². The number of aromatic amines is 1. The van der Waals surface area contributed by atoms with Gasteiger partial charge in [0, 0.05) is 21.9 Å². The van der Waals surface area contributed by atoms with Gasteiger partial charge in [-0.1, -0.05) is 29.3 Å². The van der Waals surface area contributed by atoms with Crippen molar-refractivity contribution in [3.63, 3.8) is 0 Å². The standard InChI is InChI=1S/C20H12Cl2N4O3/c21-11-6-12(22)8-13(7-11)24-20-25-18-17(19(27)26-20)14(3-4-23-18)10-1-2-15-16(5-10)29-9-28-15/h1-8H,9H2,(H2,23,24,25,26,27). The molecule has 3 heterocycles. The van der Waals surface area contributed by atoms with Gasteiger partial charge in [0.15, 0.2) is 17.1 Å². The number of nitrogens with zero attached hydrogens (tertiary/aromatic N) is 2. The molecule has 0 radical (unpaired) electrons. The molecule has 0 aliphatic carbocycles. The molecule has 0 unspecified atom stereocenters. The summed E-state index contributed by atoms with van der Waals surface area (Å²) in [6, 6.07) is 12.2. The number of aromatic nitrogens is 3. The Morgan fingerprint density at radius 3 is 2.62 bits per heavy atom. The molecular weight excluding hydrogens is 415 g/mol. The van der Waals surface area contributed by atoms with Crippen LogP contribution in [0.1, 0.15) is 0 Å². The predicted octanol–water partition coefficient (Wildman–Crippen LogP) is 4.76. The number of halogens is 2. The number of benzene rings is 2. The Balaban J connectivity index is 1.59. The van der Waals surface area contributed by atoms with Crippen LogP contribution in [0, 0.1) is 0 Å². The number of pyridine rings is 1. The van der Waals surface area contributed by atoms with E-state index in [1.807, 2.05) is 18.2 Å². The molecule has 2 aromatic heterocycles. The van der Waals surface area contributed by atoms with Gasteiger partial charge in [0.05, 0.1) is 5.39 Å². The minimum Gasteiger partial charge on any atom is -0.454 e. The maximum absolute atomic E-state index is 12.9. The lowest BCUT2D eigenvalue weighted by Gasteiger charge is -2.09. The van der Waals surface area contributed by atoms with E-state index < -0.39 is 0 Å². The first-order chi connectivity index (χ1) is 14.1. The molecule has 0 fully saturated rings. The van der Waals surface area contributed by atoms with E-state index in [4.69, 9.17) is 32.7 Å². The zero-order valence-corrected chi connectivity index (χ0v) is 16.2. The van der Waals surface area contributed by atoms with E-state index in [9.17, 15) is 4.79 Å². The first kappa shape index (κ1) is 17.8. The summed E-state index contributed by atoms with van der Waals surface area (Å²) in [5, 5.41) is 4.30. The maximum atomic E-state index is 12.9. The molecule has 1 aliphatic rings. The predicted molar refractivity (Wildman–Crippen MR) is 111 cm³/mol. The van der Waals surface area contributed by atoms with Crippen LogP contribution in [0.25, 0.3) is 22.2 Å². The van der Waals surface area contributed by atoms with Crippen molar-refractivity contribution in [1.82, 2.24) is 15.0 Å². The van der Waals surface area contributed by atoms with Crippen molar-refractivity contribution in [2.75, 3.05) is 12.1 Å². The van der Waals surface area contributed by atoms with Crippen molar-refractivity contribution in [2.45, 2.75) is 0 Å². The van der Waals surface area contributed by atoms with Gasteiger partial charge in [0.2, 0.25) is 12.7 Å². The number of anilines is 2. The second-order valence-corrected chi connectivity index (χ2v) is 7.20. The number of hydrogen-bond donors (Lipinski definition) is 2. The Labute approximate surface area is 174 Å². The highest BCUT2D eigenvalue weighted by atomic mass is 35.5. The Morgan fingerprint density at radius 1 is 1.00 bits per heavy atom. The largest absolute Gasteiger partial charge is 0.454 e. The summed E-state index contributed by atoms with van der Waals surface area (Å²) >= 11 is 12.0. The van der Waals surface area contributed by atoms with Crippen LogP contribution in [0.2, 0.25) is 10.0 Å². The van der Waals surface area contributed by atoms with E-state index in [2.05, 4.69) is 20.3 Å². The first-order valence-electron chi connectivity index (χ1n) is 8.59. The smallest absolute Gasteiger partial charge is 0.262 e. The second-order valence-electron chi connectivity index (χ2n) is 6.32. The Morgan fingerprint density at radius 2 is 1.79 bits per heavy atom. The van der Waals surface area contributed by atoms with E-state index in [1.54, 1.807) is 30.5 Å². The highest BCUT2D eigenvalue weighted by molar-refractivity contribution is 6.35. The van der Waals surface area contributed by atoms with Crippen LogP contribution < -0.4 is 20.3 Å². The van der Waals surface area contributed by atoms with Gasteiger partial charge in [-0.3, -0.25) is 9.78 Å². The molecule has 144 valence electrons. The fourth-order valence-corrected chi connectivity index (χ4v) is 3.72. The average molecular weight is 427 g/mol. The minimum atomic E-state index is -0.327. The van der Waals surface area contributed by atoms with Crippen molar-refractivity contribution < 1.29 is 9.47 Å². The normalized spacial score (nSPS) is 12.3. The second kappa shape index (κ2) is 6.95. The van der Waals surface area contributed by atoms with Crippen molar-refractivity contribution in [2.24, 2.45) is 0 Å². The molecular formula is C20H12Cl2N4O3. The van der Waals surface area contributed by atoms with Gasteiger partial charge < -0.3 is 14.8 Å². The fraction of sp³-hybridized carbons (Fsp3) is 0.0500. The third kappa shape index (κ3) is 3.35. The van der Waals surface area contributed by atoms with E-state index in [1.165, 1.54) is 0 Å². The number of hydrogen-bond acceptors (Lipinski definition) is 6. The Bertz CT molecular complexity index is 1300. The van der Waals surface area contributed by atoms with E-state index in [0.717, 1.165) is 5.56 Å². The molecule has 7 nitrogen and oxygen atoms in total. The minimum absolute atomic E-state index is 0.181. The molecule has 5 rings (SSSR count). The van der Waals surface area contributed by atoms with Gasteiger partial charge in [0.25, 0.3) is 5.56 Å². The van der Waals surface area contributed by atoms with Crippen LogP contribution in [0.4, 0.5) is 11.6 Å². The summed E-state index contributed by atoms with van der Waals surface area (Å²) in [5.74, 6) is 1.54. The number of nitrogens with one attached hydrogen (secondary N) is 2. The first-order valence-corrected chi connectivity index (χ1v) is 9.34. The molecule has 0 saturated heterocycles. The lowest BCUT2D eigenvalue weighted by molar-refractivity contribution is 0.174. The molecule has 1 aliphatic heterocycles. The van der Waals surface area contributed by atoms with Crippen molar-refractivity contribution in [3.05, 3.63) is 69.1 Å². The highest BCUT2D eigenvalue weighted by Crippen LogP contribution is 2.37. The van der Waals surface area contributed by atoms with Crippen LogP contribution in [-0.2, 0) is 0 Å². The Hall–Kier alpha value is -3.29. The molecule has 0 bridgehead atoms. The van der Waals surface area contributed by atoms with E-state index >= 15 is 0 Å². The number of H-pyrrole nitrogens is 1. The quantitative estimate of drug-likeness (QED) is 0.490. The zero-order chi connectivity index (χ0) is 20.0. The molecule has 2 N–H and O–H groups in total. The molecule has 29 heavy (non-hydrogen) atoms. The van der Waals surface area contributed by atoms with Gasteiger partial charge in [-0.25, -0.2) is 4.98 Å². The van der Waals surface area contributed by atoms with E-state index in [0.29, 0.717) is 43.8 Å². The van der Waals surface area contributed by atoms with Crippen LogP contribution in [-0.4, -0.2) is 21.7 Å². The van der Waals surface area contributed by atoms with Gasteiger partial charge in [-0.15, -0.1) is 0 Å². The fourth-order valence-electron chi connectivity index (χ4n) is 3.19. The van der Waals surface area contributed by atoms with Crippen molar-refractivity contribution in [1.29, 1.82) is 0 Å².